The zero-order chi connectivity index (χ0) is 11.5. The van der Waals surface area contributed by atoms with E-state index < -0.39 is 0 Å². The second-order valence-electron chi connectivity index (χ2n) is 4.73. The number of hydrogen-bond donors (Lipinski definition) is 2. The third kappa shape index (κ3) is 2.47. The van der Waals surface area contributed by atoms with Crippen LogP contribution in [0.25, 0.3) is 0 Å². The summed E-state index contributed by atoms with van der Waals surface area (Å²) in [6.07, 6.45) is 1.21. The highest BCUT2D eigenvalue weighted by Crippen LogP contribution is 2.23. The van der Waals surface area contributed by atoms with Crippen LogP contribution in [0.1, 0.15) is 12.0 Å². The van der Waals surface area contributed by atoms with Crippen LogP contribution in [0, 0.1) is 6.92 Å². The van der Waals surface area contributed by atoms with Gasteiger partial charge < -0.3 is 15.5 Å². The highest BCUT2D eigenvalue weighted by molar-refractivity contribution is 5.62. The number of nitrogens with one attached hydrogen (secondary N) is 2. The minimum absolute atomic E-state index is 0.581. The summed E-state index contributed by atoms with van der Waals surface area (Å²) in [7, 11) is 4.17. The largest absolute Gasteiger partial charge is 0.381 e. The molecule has 0 aromatic heterocycles. The van der Waals surface area contributed by atoms with Crippen molar-refractivity contribution in [3.8, 4) is 0 Å². The van der Waals surface area contributed by atoms with Crippen LogP contribution in [0.4, 0.5) is 11.4 Å². The molecule has 1 atom stereocenters. The summed E-state index contributed by atoms with van der Waals surface area (Å²) in [5, 5.41) is 6.94. The van der Waals surface area contributed by atoms with E-state index in [4.69, 9.17) is 0 Å². The number of aryl methyl sites for hydroxylation is 1. The summed E-state index contributed by atoms with van der Waals surface area (Å²) in [5.74, 6) is 0. The van der Waals surface area contributed by atoms with Crippen LogP contribution in [0.5, 0.6) is 0 Å². The van der Waals surface area contributed by atoms with Gasteiger partial charge in [-0.15, -0.1) is 0 Å². The molecule has 1 unspecified atom stereocenters. The molecule has 3 nitrogen and oxygen atoms in total. The Hall–Kier alpha value is -1.22. The zero-order valence-electron chi connectivity index (χ0n) is 10.4. The first-order chi connectivity index (χ1) is 7.66. The molecular formula is C13H21N3. The lowest BCUT2D eigenvalue weighted by molar-refractivity contribution is 0.793. The second kappa shape index (κ2) is 4.74. The standard InChI is InChI=1S/C13H21N3/c1-10-4-5-11(8-13(10)16(2)3)15-12-6-7-14-9-12/h4-5,8,12,14-15H,6-7,9H2,1-3H3. The van der Waals surface area contributed by atoms with Gasteiger partial charge in [-0.25, -0.2) is 0 Å². The van der Waals surface area contributed by atoms with Gasteiger partial charge in [0.25, 0.3) is 0 Å². The minimum Gasteiger partial charge on any atom is -0.381 e. The van der Waals surface area contributed by atoms with E-state index in [1.807, 2.05) is 0 Å². The fourth-order valence-corrected chi connectivity index (χ4v) is 2.19. The predicted molar refractivity (Wildman–Crippen MR) is 70.4 cm³/mol. The maximum Gasteiger partial charge on any atom is 0.0411 e. The molecule has 0 bridgehead atoms. The van der Waals surface area contributed by atoms with Gasteiger partial charge in [0.1, 0.15) is 0 Å². The molecule has 2 rings (SSSR count). The number of benzene rings is 1. The summed E-state index contributed by atoms with van der Waals surface area (Å²) in [4.78, 5) is 2.16. The summed E-state index contributed by atoms with van der Waals surface area (Å²) in [5.41, 5.74) is 3.83. The molecule has 16 heavy (non-hydrogen) atoms. The van der Waals surface area contributed by atoms with Crippen molar-refractivity contribution in [3.63, 3.8) is 0 Å². The Labute approximate surface area is 97.8 Å². The van der Waals surface area contributed by atoms with Gasteiger partial charge in [0.2, 0.25) is 0 Å². The first kappa shape index (κ1) is 11.3. The van der Waals surface area contributed by atoms with Crippen molar-refractivity contribution in [1.82, 2.24) is 5.32 Å². The molecular weight excluding hydrogens is 198 g/mol. The second-order valence-corrected chi connectivity index (χ2v) is 4.73. The van der Waals surface area contributed by atoms with Gasteiger partial charge in [0.05, 0.1) is 0 Å². The number of anilines is 2. The minimum atomic E-state index is 0.581. The van der Waals surface area contributed by atoms with Gasteiger partial charge >= 0.3 is 0 Å². The Balaban J connectivity index is 2.12. The van der Waals surface area contributed by atoms with Crippen molar-refractivity contribution in [3.05, 3.63) is 23.8 Å². The predicted octanol–water partition coefficient (Wildman–Crippen LogP) is 1.83. The Morgan fingerprint density at radius 2 is 2.19 bits per heavy atom. The van der Waals surface area contributed by atoms with E-state index in [1.54, 1.807) is 0 Å². The van der Waals surface area contributed by atoms with Crippen molar-refractivity contribution >= 4 is 11.4 Å². The molecule has 88 valence electrons. The van der Waals surface area contributed by atoms with E-state index in [0.29, 0.717) is 6.04 Å². The molecule has 2 N–H and O–H groups in total. The van der Waals surface area contributed by atoms with Crippen LogP contribution < -0.4 is 15.5 Å². The molecule has 0 amide bonds. The van der Waals surface area contributed by atoms with Gasteiger partial charge in [-0.05, 0) is 37.6 Å². The maximum atomic E-state index is 3.57. The Morgan fingerprint density at radius 1 is 1.38 bits per heavy atom. The van der Waals surface area contributed by atoms with Crippen LogP contribution in [0.3, 0.4) is 0 Å². The number of hydrogen-bond acceptors (Lipinski definition) is 3. The van der Waals surface area contributed by atoms with Gasteiger partial charge in [-0.1, -0.05) is 6.07 Å². The Bertz CT molecular complexity index is 354. The van der Waals surface area contributed by atoms with Crippen LogP contribution in [0.15, 0.2) is 18.2 Å². The van der Waals surface area contributed by atoms with Crippen LogP contribution >= 0.6 is 0 Å². The van der Waals surface area contributed by atoms with Crippen molar-refractivity contribution in [2.45, 2.75) is 19.4 Å². The molecule has 1 heterocycles. The van der Waals surface area contributed by atoms with E-state index in [9.17, 15) is 0 Å². The molecule has 1 aliphatic rings. The third-order valence-corrected chi connectivity index (χ3v) is 3.12. The molecule has 0 aliphatic carbocycles. The lowest BCUT2D eigenvalue weighted by atomic mass is 10.1. The van der Waals surface area contributed by atoms with Crippen molar-refractivity contribution < 1.29 is 0 Å². The van der Waals surface area contributed by atoms with Crippen LogP contribution in [-0.2, 0) is 0 Å². The molecule has 0 spiro atoms. The Kier molecular flexibility index (Phi) is 3.34. The molecule has 0 radical (unpaired) electrons. The lowest BCUT2D eigenvalue weighted by Gasteiger charge is -2.19. The highest BCUT2D eigenvalue weighted by Gasteiger charge is 2.14. The van der Waals surface area contributed by atoms with E-state index in [0.717, 1.165) is 13.1 Å². The van der Waals surface area contributed by atoms with Crippen LogP contribution in [0.2, 0.25) is 0 Å². The van der Waals surface area contributed by atoms with Gasteiger partial charge in [-0.2, -0.15) is 0 Å². The first-order valence-corrected chi connectivity index (χ1v) is 5.92. The van der Waals surface area contributed by atoms with Gasteiger partial charge in [0.15, 0.2) is 0 Å². The van der Waals surface area contributed by atoms with Crippen molar-refractivity contribution in [2.75, 3.05) is 37.4 Å². The third-order valence-electron chi connectivity index (χ3n) is 3.12. The SMILES string of the molecule is Cc1ccc(NC2CCNC2)cc1N(C)C. The van der Waals surface area contributed by atoms with E-state index in [-0.39, 0.29) is 0 Å². The van der Waals surface area contributed by atoms with E-state index >= 15 is 0 Å². The average Bonchev–Trinajstić information content (AvgIpc) is 2.73. The fourth-order valence-electron chi connectivity index (χ4n) is 2.19. The molecule has 1 aromatic rings. The maximum absolute atomic E-state index is 3.57. The van der Waals surface area contributed by atoms with Crippen LogP contribution in [-0.4, -0.2) is 33.2 Å². The average molecular weight is 219 g/mol. The smallest absolute Gasteiger partial charge is 0.0411 e. The monoisotopic (exact) mass is 219 g/mol. The first-order valence-electron chi connectivity index (χ1n) is 5.92. The van der Waals surface area contributed by atoms with Crippen molar-refractivity contribution in [1.29, 1.82) is 0 Å². The van der Waals surface area contributed by atoms with E-state index in [1.165, 1.54) is 23.4 Å². The summed E-state index contributed by atoms with van der Waals surface area (Å²) < 4.78 is 0. The summed E-state index contributed by atoms with van der Waals surface area (Å²) >= 11 is 0. The summed E-state index contributed by atoms with van der Waals surface area (Å²) in [6.45, 7) is 4.35. The lowest BCUT2D eigenvalue weighted by Crippen LogP contribution is -2.22. The quantitative estimate of drug-likeness (QED) is 0.812. The number of rotatable bonds is 3. The highest BCUT2D eigenvalue weighted by atomic mass is 15.1. The zero-order valence-corrected chi connectivity index (χ0v) is 10.4. The van der Waals surface area contributed by atoms with Crippen molar-refractivity contribution in [2.24, 2.45) is 0 Å². The summed E-state index contributed by atoms with van der Waals surface area (Å²) in [6, 6.07) is 7.16. The topological polar surface area (TPSA) is 27.3 Å². The Morgan fingerprint density at radius 3 is 2.81 bits per heavy atom. The molecule has 0 saturated carbocycles. The number of nitrogens with zero attached hydrogens (tertiary/aromatic N) is 1. The molecule has 3 heteroatoms. The molecule has 1 aliphatic heterocycles. The fraction of sp³-hybridized carbons (Fsp3) is 0.538. The molecule has 1 aromatic carbocycles. The molecule has 1 saturated heterocycles. The molecule has 1 fully saturated rings. The normalized spacial score (nSPS) is 19.8. The van der Waals surface area contributed by atoms with Gasteiger partial charge in [-0.3, -0.25) is 0 Å². The van der Waals surface area contributed by atoms with E-state index in [2.05, 4.69) is 54.8 Å². The van der Waals surface area contributed by atoms with Gasteiger partial charge in [0, 0.05) is 38.1 Å².